The average molecular weight is 248 g/mol. The van der Waals surface area contributed by atoms with Gasteiger partial charge in [-0.15, -0.1) is 0 Å². The lowest BCUT2D eigenvalue weighted by atomic mass is 10.1. The van der Waals surface area contributed by atoms with Crippen molar-refractivity contribution in [1.29, 1.82) is 0 Å². The highest BCUT2D eigenvalue weighted by Gasteiger charge is 2.26. The first-order chi connectivity index (χ1) is 8.63. The van der Waals surface area contributed by atoms with E-state index in [0.717, 1.165) is 0 Å². The van der Waals surface area contributed by atoms with E-state index in [4.69, 9.17) is 4.74 Å². The van der Waals surface area contributed by atoms with Crippen LogP contribution in [0.2, 0.25) is 0 Å². The Morgan fingerprint density at radius 1 is 1.61 bits per heavy atom. The number of anilines is 1. The molecule has 0 saturated heterocycles. The molecule has 2 rings (SSSR count). The maximum Gasteiger partial charge on any atom is 0.338 e. The first-order valence-corrected chi connectivity index (χ1v) is 5.47. The van der Waals surface area contributed by atoms with E-state index in [1.54, 1.807) is 13.0 Å². The molecule has 0 bridgehead atoms. The van der Waals surface area contributed by atoms with Gasteiger partial charge in [0.15, 0.2) is 0 Å². The standard InChI is InChI=1S/C12H12N2O4/c1-2-18-12(17)7-5-10(15)14-9-3-4-13-6-8(9)11(7)16/h3-4,6,16H,2,5H2,1H3,(H,14,15). The van der Waals surface area contributed by atoms with Gasteiger partial charge in [-0.25, -0.2) is 4.79 Å². The molecule has 2 heterocycles. The molecular formula is C12H12N2O4. The zero-order valence-electron chi connectivity index (χ0n) is 9.77. The Morgan fingerprint density at radius 3 is 3.11 bits per heavy atom. The summed E-state index contributed by atoms with van der Waals surface area (Å²) in [6, 6.07) is 1.55. The number of hydrogen-bond donors (Lipinski definition) is 2. The number of aliphatic hydroxyl groups is 1. The van der Waals surface area contributed by atoms with Crippen molar-refractivity contribution in [3.8, 4) is 0 Å². The van der Waals surface area contributed by atoms with Crippen molar-refractivity contribution in [3.05, 3.63) is 29.6 Å². The fraction of sp³-hybridized carbons (Fsp3) is 0.250. The van der Waals surface area contributed by atoms with Crippen molar-refractivity contribution in [3.63, 3.8) is 0 Å². The van der Waals surface area contributed by atoms with Gasteiger partial charge in [-0.3, -0.25) is 9.78 Å². The molecule has 2 N–H and O–H groups in total. The van der Waals surface area contributed by atoms with Crippen LogP contribution in [0, 0.1) is 0 Å². The number of carbonyl (C=O) groups excluding carboxylic acids is 2. The highest BCUT2D eigenvalue weighted by Crippen LogP contribution is 2.28. The second-order valence-electron chi connectivity index (χ2n) is 3.69. The number of aliphatic hydroxyl groups excluding tert-OH is 1. The second-order valence-corrected chi connectivity index (χ2v) is 3.69. The lowest BCUT2D eigenvalue weighted by Gasteiger charge is -2.06. The van der Waals surface area contributed by atoms with Crippen molar-refractivity contribution in [1.82, 2.24) is 4.98 Å². The molecular weight excluding hydrogens is 236 g/mol. The molecule has 18 heavy (non-hydrogen) atoms. The number of esters is 1. The van der Waals surface area contributed by atoms with Crippen LogP contribution < -0.4 is 5.32 Å². The number of hydrogen-bond acceptors (Lipinski definition) is 5. The summed E-state index contributed by atoms with van der Waals surface area (Å²) in [6.45, 7) is 1.83. The molecule has 6 heteroatoms. The molecule has 1 aliphatic rings. The minimum absolute atomic E-state index is 0.0545. The molecule has 1 aromatic heterocycles. The number of nitrogens with zero attached hydrogens (tertiary/aromatic N) is 1. The third kappa shape index (κ3) is 2.17. The van der Waals surface area contributed by atoms with Crippen LogP contribution >= 0.6 is 0 Å². The van der Waals surface area contributed by atoms with Gasteiger partial charge >= 0.3 is 5.97 Å². The summed E-state index contributed by atoms with van der Waals surface area (Å²) in [5, 5.41) is 12.7. The van der Waals surface area contributed by atoms with Gasteiger partial charge in [0.05, 0.1) is 29.9 Å². The highest BCUT2D eigenvalue weighted by atomic mass is 16.5. The van der Waals surface area contributed by atoms with Crippen molar-refractivity contribution < 1.29 is 19.4 Å². The van der Waals surface area contributed by atoms with Gasteiger partial charge in [0, 0.05) is 12.4 Å². The Labute approximate surface area is 103 Å². The first-order valence-electron chi connectivity index (χ1n) is 5.47. The number of carbonyl (C=O) groups is 2. The summed E-state index contributed by atoms with van der Waals surface area (Å²) in [5.41, 5.74) is 0.680. The van der Waals surface area contributed by atoms with Crippen LogP contribution in [0.5, 0.6) is 0 Å². The van der Waals surface area contributed by atoms with Crippen molar-refractivity contribution in [2.45, 2.75) is 13.3 Å². The Hall–Kier alpha value is -2.37. The quantitative estimate of drug-likeness (QED) is 0.769. The molecule has 1 aromatic rings. The number of aromatic nitrogens is 1. The zero-order chi connectivity index (χ0) is 13.1. The average Bonchev–Trinajstić information content (AvgIpc) is 2.47. The maximum absolute atomic E-state index is 11.7. The summed E-state index contributed by atoms with van der Waals surface area (Å²) < 4.78 is 4.81. The lowest BCUT2D eigenvalue weighted by molar-refractivity contribution is -0.139. The lowest BCUT2D eigenvalue weighted by Crippen LogP contribution is -2.15. The highest BCUT2D eigenvalue weighted by molar-refractivity contribution is 6.07. The molecule has 0 unspecified atom stereocenters. The molecule has 94 valence electrons. The Bertz CT molecular complexity index is 537. The van der Waals surface area contributed by atoms with Crippen LogP contribution in [-0.4, -0.2) is 28.6 Å². The van der Waals surface area contributed by atoms with E-state index in [2.05, 4.69) is 10.3 Å². The van der Waals surface area contributed by atoms with Crippen molar-refractivity contribution in [2.24, 2.45) is 0 Å². The van der Waals surface area contributed by atoms with Crippen LogP contribution in [-0.2, 0) is 14.3 Å². The van der Waals surface area contributed by atoms with E-state index in [1.165, 1.54) is 12.4 Å². The Balaban J connectivity index is 2.51. The summed E-state index contributed by atoms with van der Waals surface area (Å²) in [6.07, 6.45) is 2.65. The molecule has 0 spiro atoms. The Kier molecular flexibility index (Phi) is 3.27. The molecule has 0 aliphatic carbocycles. The normalized spacial score (nSPS) is 14.6. The monoisotopic (exact) mass is 248 g/mol. The van der Waals surface area contributed by atoms with Crippen LogP contribution in [0.15, 0.2) is 24.0 Å². The van der Waals surface area contributed by atoms with Gasteiger partial charge in [0.1, 0.15) is 5.76 Å². The zero-order valence-corrected chi connectivity index (χ0v) is 9.77. The second kappa shape index (κ2) is 4.87. The Morgan fingerprint density at radius 2 is 2.39 bits per heavy atom. The van der Waals surface area contributed by atoms with E-state index in [0.29, 0.717) is 11.3 Å². The summed E-state index contributed by atoms with van der Waals surface area (Å²) in [4.78, 5) is 27.2. The predicted octanol–water partition coefficient (Wildman–Crippen LogP) is 1.26. The minimum Gasteiger partial charge on any atom is -0.507 e. The van der Waals surface area contributed by atoms with Crippen LogP contribution in [0.3, 0.4) is 0 Å². The van der Waals surface area contributed by atoms with Crippen molar-refractivity contribution >= 4 is 23.3 Å². The van der Waals surface area contributed by atoms with Gasteiger partial charge in [-0.05, 0) is 13.0 Å². The van der Waals surface area contributed by atoms with Gasteiger partial charge in [0.25, 0.3) is 0 Å². The molecule has 0 saturated carbocycles. The predicted molar refractivity (Wildman–Crippen MR) is 63.7 cm³/mol. The SMILES string of the molecule is CCOC(=O)C1=C(O)c2cnccc2NC(=O)C1. The maximum atomic E-state index is 11.7. The fourth-order valence-electron chi connectivity index (χ4n) is 1.68. The molecule has 0 atom stereocenters. The number of ether oxygens (including phenoxy) is 1. The largest absolute Gasteiger partial charge is 0.507 e. The van der Waals surface area contributed by atoms with E-state index in [9.17, 15) is 14.7 Å². The molecule has 0 radical (unpaired) electrons. The van der Waals surface area contributed by atoms with Gasteiger partial charge in [-0.1, -0.05) is 0 Å². The topological polar surface area (TPSA) is 88.5 Å². The summed E-state index contributed by atoms with van der Waals surface area (Å²) in [7, 11) is 0. The van der Waals surface area contributed by atoms with E-state index in [-0.39, 0.29) is 30.3 Å². The first kappa shape index (κ1) is 12.1. The van der Waals surface area contributed by atoms with Crippen molar-refractivity contribution in [2.75, 3.05) is 11.9 Å². The van der Waals surface area contributed by atoms with E-state index >= 15 is 0 Å². The molecule has 0 aromatic carbocycles. The molecule has 1 amide bonds. The van der Waals surface area contributed by atoms with Gasteiger partial charge in [-0.2, -0.15) is 0 Å². The van der Waals surface area contributed by atoms with Crippen LogP contribution in [0.25, 0.3) is 5.76 Å². The van der Waals surface area contributed by atoms with Gasteiger partial charge < -0.3 is 15.2 Å². The summed E-state index contributed by atoms with van der Waals surface area (Å²) >= 11 is 0. The van der Waals surface area contributed by atoms with Gasteiger partial charge in [0.2, 0.25) is 5.91 Å². The van der Waals surface area contributed by atoms with Crippen LogP contribution in [0.4, 0.5) is 5.69 Å². The number of amides is 1. The number of fused-ring (bicyclic) bond motifs is 1. The molecule has 0 fully saturated rings. The fourth-order valence-corrected chi connectivity index (χ4v) is 1.68. The van der Waals surface area contributed by atoms with E-state index in [1.807, 2.05) is 0 Å². The number of rotatable bonds is 2. The molecule has 1 aliphatic heterocycles. The molecule has 6 nitrogen and oxygen atoms in total. The van der Waals surface area contributed by atoms with Crippen LogP contribution in [0.1, 0.15) is 18.9 Å². The number of pyridine rings is 1. The third-order valence-corrected chi connectivity index (χ3v) is 2.50. The van der Waals surface area contributed by atoms with E-state index < -0.39 is 5.97 Å². The summed E-state index contributed by atoms with van der Waals surface area (Å²) in [5.74, 6) is -1.34. The number of nitrogens with one attached hydrogen (secondary N) is 1. The smallest absolute Gasteiger partial charge is 0.338 e. The third-order valence-electron chi connectivity index (χ3n) is 2.50. The minimum atomic E-state index is -0.693.